The standard InChI is InChI=1S/C20H25FN2O3S/c21-16-8-6-14(7-9-16)11-23(20(26)15-10-19(25)27-13-15)12-18(24)22-17-4-2-1-3-5-17/h6-9,15,17H,1-5,10-13H2,(H,22,24)/t15-/m1/s1. The molecule has 1 saturated carbocycles. The van der Waals surface area contributed by atoms with Crippen molar-refractivity contribution in [1.29, 1.82) is 0 Å². The average Bonchev–Trinajstić information content (AvgIpc) is 3.09. The zero-order valence-corrected chi connectivity index (χ0v) is 16.1. The summed E-state index contributed by atoms with van der Waals surface area (Å²) >= 11 is 1.17. The summed E-state index contributed by atoms with van der Waals surface area (Å²) in [6.45, 7) is 0.189. The van der Waals surface area contributed by atoms with Gasteiger partial charge in [-0.2, -0.15) is 0 Å². The highest BCUT2D eigenvalue weighted by atomic mass is 32.2. The zero-order chi connectivity index (χ0) is 19.2. The molecule has 1 N–H and O–H groups in total. The van der Waals surface area contributed by atoms with Crippen LogP contribution in [0.3, 0.4) is 0 Å². The maximum atomic E-state index is 13.2. The van der Waals surface area contributed by atoms with E-state index in [4.69, 9.17) is 0 Å². The Kier molecular flexibility index (Phi) is 6.88. The second-order valence-electron chi connectivity index (χ2n) is 7.31. The van der Waals surface area contributed by atoms with Gasteiger partial charge in [-0.05, 0) is 30.5 Å². The number of nitrogens with zero attached hydrogens (tertiary/aromatic N) is 1. The van der Waals surface area contributed by atoms with Crippen LogP contribution in [-0.2, 0) is 20.9 Å². The molecule has 0 unspecified atom stereocenters. The first-order valence-corrected chi connectivity index (χ1v) is 10.5. The minimum Gasteiger partial charge on any atom is -0.352 e. The Labute approximate surface area is 163 Å². The number of hydrogen-bond acceptors (Lipinski definition) is 4. The van der Waals surface area contributed by atoms with Crippen LogP contribution >= 0.6 is 11.8 Å². The number of hydrogen-bond donors (Lipinski definition) is 1. The van der Waals surface area contributed by atoms with Gasteiger partial charge in [-0.15, -0.1) is 0 Å². The van der Waals surface area contributed by atoms with Crippen LogP contribution in [0.15, 0.2) is 24.3 Å². The van der Waals surface area contributed by atoms with E-state index < -0.39 is 0 Å². The monoisotopic (exact) mass is 392 g/mol. The first-order valence-electron chi connectivity index (χ1n) is 9.49. The van der Waals surface area contributed by atoms with Crippen LogP contribution in [0, 0.1) is 11.7 Å². The summed E-state index contributed by atoms with van der Waals surface area (Å²) in [4.78, 5) is 38.4. The van der Waals surface area contributed by atoms with Crippen molar-refractivity contribution in [3.8, 4) is 0 Å². The lowest BCUT2D eigenvalue weighted by atomic mass is 9.95. The van der Waals surface area contributed by atoms with E-state index in [2.05, 4.69) is 5.32 Å². The molecule has 1 aromatic rings. The van der Waals surface area contributed by atoms with Crippen LogP contribution in [0.4, 0.5) is 4.39 Å². The van der Waals surface area contributed by atoms with E-state index in [-0.39, 0.29) is 54.2 Å². The lowest BCUT2D eigenvalue weighted by molar-refractivity contribution is -0.140. The maximum absolute atomic E-state index is 13.2. The molecule has 3 rings (SSSR count). The molecule has 0 bridgehead atoms. The third-order valence-electron chi connectivity index (χ3n) is 5.11. The Balaban J connectivity index is 1.66. The molecule has 0 radical (unpaired) electrons. The molecule has 2 amide bonds. The van der Waals surface area contributed by atoms with Crippen molar-refractivity contribution < 1.29 is 18.8 Å². The van der Waals surface area contributed by atoms with E-state index in [9.17, 15) is 18.8 Å². The van der Waals surface area contributed by atoms with E-state index in [0.717, 1.165) is 31.2 Å². The fourth-order valence-electron chi connectivity index (χ4n) is 3.64. The summed E-state index contributed by atoms with van der Waals surface area (Å²) in [6.07, 6.45) is 5.61. The van der Waals surface area contributed by atoms with Crippen molar-refractivity contribution in [1.82, 2.24) is 10.2 Å². The molecule has 146 valence electrons. The largest absolute Gasteiger partial charge is 0.352 e. The molecular formula is C20H25FN2O3S. The second-order valence-corrected chi connectivity index (χ2v) is 8.38. The number of benzene rings is 1. The van der Waals surface area contributed by atoms with Gasteiger partial charge >= 0.3 is 0 Å². The summed E-state index contributed by atoms with van der Waals surface area (Å²) < 4.78 is 13.2. The number of nitrogens with one attached hydrogen (secondary N) is 1. The summed E-state index contributed by atoms with van der Waals surface area (Å²) in [5.74, 6) is -0.623. The number of rotatable bonds is 6. The maximum Gasteiger partial charge on any atom is 0.239 e. The molecule has 27 heavy (non-hydrogen) atoms. The molecule has 2 aliphatic rings. The van der Waals surface area contributed by atoms with Gasteiger partial charge in [-0.1, -0.05) is 43.2 Å². The van der Waals surface area contributed by atoms with Gasteiger partial charge in [0.15, 0.2) is 5.12 Å². The molecule has 7 heteroatoms. The number of halogens is 1. The molecule has 1 aliphatic heterocycles. The number of thioether (sulfide) groups is 1. The summed E-state index contributed by atoms with van der Waals surface area (Å²) in [6, 6.07) is 6.09. The van der Waals surface area contributed by atoms with E-state index >= 15 is 0 Å². The molecule has 1 atom stereocenters. The minimum atomic E-state index is -0.384. The highest BCUT2D eigenvalue weighted by Gasteiger charge is 2.33. The third-order valence-corrected chi connectivity index (χ3v) is 6.17. The van der Waals surface area contributed by atoms with Crippen molar-refractivity contribution in [2.45, 2.75) is 51.1 Å². The highest BCUT2D eigenvalue weighted by Crippen LogP contribution is 2.27. The van der Waals surface area contributed by atoms with Gasteiger partial charge < -0.3 is 10.2 Å². The predicted octanol–water partition coefficient (Wildman–Crippen LogP) is 2.88. The fraction of sp³-hybridized carbons (Fsp3) is 0.550. The minimum absolute atomic E-state index is 0.0155. The molecule has 5 nitrogen and oxygen atoms in total. The van der Waals surface area contributed by atoms with Crippen LogP contribution in [0.2, 0.25) is 0 Å². The van der Waals surface area contributed by atoms with Crippen molar-refractivity contribution in [3.05, 3.63) is 35.6 Å². The molecule has 1 saturated heterocycles. The lowest BCUT2D eigenvalue weighted by Crippen LogP contribution is -2.46. The van der Waals surface area contributed by atoms with Crippen molar-refractivity contribution >= 4 is 28.7 Å². The van der Waals surface area contributed by atoms with Gasteiger partial charge in [-0.25, -0.2) is 4.39 Å². The van der Waals surface area contributed by atoms with Crippen LogP contribution < -0.4 is 5.32 Å². The van der Waals surface area contributed by atoms with Crippen LogP contribution in [0.1, 0.15) is 44.1 Å². The summed E-state index contributed by atoms with van der Waals surface area (Å²) in [5, 5.41) is 3.05. The molecule has 2 fully saturated rings. The smallest absolute Gasteiger partial charge is 0.239 e. The molecule has 0 aromatic heterocycles. The second kappa shape index (κ2) is 9.35. The van der Waals surface area contributed by atoms with Crippen molar-refractivity contribution in [3.63, 3.8) is 0 Å². The third kappa shape index (κ3) is 5.79. The Morgan fingerprint density at radius 3 is 2.48 bits per heavy atom. The Hall–Kier alpha value is -1.89. The molecule has 1 heterocycles. The molecule has 1 aliphatic carbocycles. The normalized spacial score (nSPS) is 20.5. The summed E-state index contributed by atoms with van der Waals surface area (Å²) in [7, 11) is 0. The van der Waals surface area contributed by atoms with E-state index in [1.54, 1.807) is 12.1 Å². The van der Waals surface area contributed by atoms with Gasteiger partial charge in [0, 0.05) is 24.8 Å². The Bertz CT molecular complexity index is 689. The van der Waals surface area contributed by atoms with Gasteiger partial charge in [-0.3, -0.25) is 14.4 Å². The van der Waals surface area contributed by atoms with Crippen LogP contribution in [0.25, 0.3) is 0 Å². The summed E-state index contributed by atoms with van der Waals surface area (Å²) in [5.41, 5.74) is 0.757. The number of carbonyl (C=O) groups excluding carboxylic acids is 3. The Morgan fingerprint density at radius 1 is 1.15 bits per heavy atom. The Morgan fingerprint density at radius 2 is 1.85 bits per heavy atom. The van der Waals surface area contributed by atoms with Crippen molar-refractivity contribution in [2.24, 2.45) is 5.92 Å². The first kappa shape index (κ1) is 19.9. The van der Waals surface area contributed by atoms with Gasteiger partial charge in [0.1, 0.15) is 5.82 Å². The topological polar surface area (TPSA) is 66.5 Å². The van der Waals surface area contributed by atoms with Gasteiger partial charge in [0.2, 0.25) is 11.8 Å². The number of amides is 2. The zero-order valence-electron chi connectivity index (χ0n) is 15.3. The lowest BCUT2D eigenvalue weighted by Gasteiger charge is -2.27. The number of carbonyl (C=O) groups is 3. The molecular weight excluding hydrogens is 367 g/mol. The first-order chi connectivity index (χ1) is 13.0. The van der Waals surface area contributed by atoms with E-state index in [1.165, 1.54) is 35.2 Å². The van der Waals surface area contributed by atoms with Crippen LogP contribution in [0.5, 0.6) is 0 Å². The fourth-order valence-corrected chi connectivity index (χ4v) is 4.61. The van der Waals surface area contributed by atoms with Gasteiger partial charge in [0.05, 0.1) is 12.5 Å². The quantitative estimate of drug-likeness (QED) is 0.808. The molecule has 1 aromatic carbocycles. The SMILES string of the molecule is O=C(CN(Cc1ccc(F)cc1)C(=O)[C@H]1CSC(=O)C1)NC1CCCCC1. The van der Waals surface area contributed by atoms with Gasteiger partial charge in [0.25, 0.3) is 0 Å². The van der Waals surface area contributed by atoms with Crippen molar-refractivity contribution in [2.75, 3.05) is 12.3 Å². The molecule has 0 spiro atoms. The average molecular weight is 392 g/mol. The van der Waals surface area contributed by atoms with E-state index in [0.29, 0.717) is 5.75 Å². The van der Waals surface area contributed by atoms with Crippen LogP contribution in [-0.4, -0.2) is 40.2 Å². The highest BCUT2D eigenvalue weighted by molar-refractivity contribution is 8.14. The predicted molar refractivity (Wildman–Crippen MR) is 102 cm³/mol. The van der Waals surface area contributed by atoms with E-state index in [1.807, 2.05) is 0 Å².